The standard InChI is InChI=1S/C28H42N8O5/c1-16(2)13-23(27(40)41)36-26(39)22(14-17-15-33-19-8-4-3-7-18(17)19)35-25(38)21(10-6-12-32-28(29)30)34-24(37)20-9-5-11-31-20/h3-4,7-8,15-16,20-23,31,33H,5-6,9-14H2,1-2H3,(H,34,37)(H,35,38)(H,36,39)(H,40,41)(H4,29,30,32). The third-order valence-corrected chi connectivity index (χ3v) is 7.01. The summed E-state index contributed by atoms with van der Waals surface area (Å²) in [7, 11) is 0. The number of benzene rings is 1. The van der Waals surface area contributed by atoms with Crippen LogP contribution in [0.2, 0.25) is 0 Å². The van der Waals surface area contributed by atoms with Crippen molar-refractivity contribution in [1.82, 2.24) is 26.3 Å². The summed E-state index contributed by atoms with van der Waals surface area (Å²) in [5.41, 5.74) is 12.5. The minimum Gasteiger partial charge on any atom is -0.480 e. The number of aliphatic carboxylic acids is 1. The predicted octanol–water partition coefficient (Wildman–Crippen LogP) is 0.101. The fourth-order valence-corrected chi connectivity index (χ4v) is 4.92. The molecule has 4 unspecified atom stereocenters. The van der Waals surface area contributed by atoms with Crippen molar-refractivity contribution in [1.29, 1.82) is 0 Å². The average molecular weight is 571 g/mol. The average Bonchev–Trinajstić information content (AvgIpc) is 3.60. The van der Waals surface area contributed by atoms with E-state index in [0.29, 0.717) is 19.4 Å². The minimum atomic E-state index is -1.15. The lowest BCUT2D eigenvalue weighted by Gasteiger charge is -2.25. The summed E-state index contributed by atoms with van der Waals surface area (Å²) in [6, 6.07) is 3.98. The molecule has 3 rings (SSSR count). The number of nitrogens with one attached hydrogen (secondary N) is 5. The topological polar surface area (TPSA) is 217 Å². The first-order chi connectivity index (χ1) is 19.5. The molecule has 41 heavy (non-hydrogen) atoms. The Kier molecular flexibility index (Phi) is 11.5. The molecule has 10 N–H and O–H groups in total. The number of amides is 3. The van der Waals surface area contributed by atoms with Crippen LogP contribution in [-0.4, -0.2) is 77.0 Å². The molecule has 224 valence electrons. The number of aromatic amines is 1. The van der Waals surface area contributed by atoms with E-state index in [1.165, 1.54) is 0 Å². The molecule has 1 saturated heterocycles. The second-order valence-electron chi connectivity index (χ2n) is 10.8. The Labute approximate surface area is 239 Å². The van der Waals surface area contributed by atoms with Crippen LogP contribution in [0, 0.1) is 5.92 Å². The van der Waals surface area contributed by atoms with Crippen LogP contribution >= 0.6 is 0 Å². The number of nitrogens with zero attached hydrogens (tertiary/aromatic N) is 1. The van der Waals surface area contributed by atoms with Crippen molar-refractivity contribution >= 4 is 40.6 Å². The molecule has 0 aliphatic carbocycles. The number of para-hydroxylation sites is 1. The number of nitrogens with two attached hydrogens (primary N) is 2. The van der Waals surface area contributed by atoms with Gasteiger partial charge < -0.3 is 42.8 Å². The number of carboxylic acid groups (broad SMARTS) is 1. The van der Waals surface area contributed by atoms with Crippen molar-refractivity contribution in [3.8, 4) is 0 Å². The number of aromatic nitrogens is 1. The second kappa shape index (κ2) is 15.0. The van der Waals surface area contributed by atoms with Crippen LogP contribution in [0.5, 0.6) is 0 Å². The quantitative estimate of drug-likeness (QED) is 0.0832. The summed E-state index contributed by atoms with van der Waals surface area (Å²) in [5, 5.41) is 21.9. The van der Waals surface area contributed by atoms with Crippen LogP contribution in [0.4, 0.5) is 0 Å². The summed E-state index contributed by atoms with van der Waals surface area (Å²) < 4.78 is 0. The summed E-state index contributed by atoms with van der Waals surface area (Å²) >= 11 is 0. The smallest absolute Gasteiger partial charge is 0.326 e. The number of carboxylic acids is 1. The third-order valence-electron chi connectivity index (χ3n) is 7.01. The van der Waals surface area contributed by atoms with E-state index in [-0.39, 0.29) is 43.6 Å². The molecular weight excluding hydrogens is 528 g/mol. The van der Waals surface area contributed by atoms with Gasteiger partial charge in [-0.1, -0.05) is 32.0 Å². The van der Waals surface area contributed by atoms with Gasteiger partial charge in [-0.2, -0.15) is 0 Å². The number of H-pyrrole nitrogens is 1. The lowest BCUT2D eigenvalue weighted by Crippen LogP contribution is -2.57. The predicted molar refractivity (Wildman–Crippen MR) is 156 cm³/mol. The van der Waals surface area contributed by atoms with Crippen LogP contribution in [0.25, 0.3) is 10.9 Å². The number of fused-ring (bicyclic) bond motifs is 1. The number of aliphatic imine (C=N–C) groups is 1. The Balaban J connectivity index is 1.83. The summed E-state index contributed by atoms with van der Waals surface area (Å²) in [6.07, 6.45) is 4.25. The number of hydrogen-bond donors (Lipinski definition) is 8. The maximum absolute atomic E-state index is 13.6. The molecule has 0 bridgehead atoms. The van der Waals surface area contributed by atoms with Crippen LogP contribution in [0.3, 0.4) is 0 Å². The molecule has 13 heteroatoms. The van der Waals surface area contributed by atoms with Gasteiger partial charge in [0.25, 0.3) is 0 Å². The van der Waals surface area contributed by atoms with E-state index in [1.54, 1.807) is 6.20 Å². The van der Waals surface area contributed by atoms with Crippen LogP contribution in [0.1, 0.15) is 51.5 Å². The maximum atomic E-state index is 13.6. The third kappa shape index (κ3) is 9.48. The summed E-state index contributed by atoms with van der Waals surface area (Å²) in [5.74, 6) is -2.69. The highest BCUT2D eigenvalue weighted by molar-refractivity contribution is 5.95. The Morgan fingerprint density at radius 3 is 2.41 bits per heavy atom. The zero-order chi connectivity index (χ0) is 29.9. The molecule has 1 aromatic carbocycles. The number of carbonyl (C=O) groups is 4. The molecule has 1 fully saturated rings. The van der Waals surface area contributed by atoms with Gasteiger partial charge in [-0.15, -0.1) is 0 Å². The fraction of sp³-hybridized carbons (Fsp3) is 0.536. The Hall–Kier alpha value is -4.13. The van der Waals surface area contributed by atoms with Gasteiger partial charge in [-0.05, 0) is 56.2 Å². The van der Waals surface area contributed by atoms with E-state index < -0.39 is 42.0 Å². The van der Waals surface area contributed by atoms with Crippen LogP contribution in [-0.2, 0) is 25.6 Å². The molecule has 3 amide bonds. The van der Waals surface area contributed by atoms with E-state index in [1.807, 2.05) is 38.1 Å². The molecule has 13 nitrogen and oxygen atoms in total. The van der Waals surface area contributed by atoms with Crippen molar-refractivity contribution in [3.63, 3.8) is 0 Å². The summed E-state index contributed by atoms with van der Waals surface area (Å²) in [4.78, 5) is 58.9. The zero-order valence-electron chi connectivity index (χ0n) is 23.6. The van der Waals surface area contributed by atoms with E-state index >= 15 is 0 Å². The Morgan fingerprint density at radius 2 is 1.76 bits per heavy atom. The Bertz CT molecular complexity index is 1230. The normalized spacial score (nSPS) is 17.0. The lowest BCUT2D eigenvalue weighted by molar-refractivity contribution is -0.142. The SMILES string of the molecule is CC(C)CC(NC(=O)C(Cc1c[nH]c2ccccc12)NC(=O)C(CCCN=C(N)N)NC(=O)C1CCCN1)C(=O)O. The second-order valence-corrected chi connectivity index (χ2v) is 10.8. The number of hydrogen-bond acceptors (Lipinski definition) is 6. The van der Waals surface area contributed by atoms with E-state index in [2.05, 4.69) is 31.2 Å². The van der Waals surface area contributed by atoms with Gasteiger partial charge in [0, 0.05) is 30.1 Å². The first kappa shape index (κ1) is 31.4. The van der Waals surface area contributed by atoms with Crippen molar-refractivity contribution < 1.29 is 24.3 Å². The van der Waals surface area contributed by atoms with E-state index in [9.17, 15) is 24.3 Å². The van der Waals surface area contributed by atoms with Crippen LogP contribution in [0.15, 0.2) is 35.5 Å². The van der Waals surface area contributed by atoms with Crippen molar-refractivity contribution in [3.05, 3.63) is 36.0 Å². The van der Waals surface area contributed by atoms with E-state index in [4.69, 9.17) is 11.5 Å². The van der Waals surface area contributed by atoms with Gasteiger partial charge in [0.2, 0.25) is 17.7 Å². The zero-order valence-corrected chi connectivity index (χ0v) is 23.6. The molecule has 4 atom stereocenters. The first-order valence-corrected chi connectivity index (χ1v) is 14.0. The molecular formula is C28H42N8O5. The van der Waals surface area contributed by atoms with E-state index in [0.717, 1.165) is 22.9 Å². The molecule has 1 aromatic heterocycles. The number of guanidine groups is 1. The number of carbonyl (C=O) groups excluding carboxylic acids is 3. The number of rotatable bonds is 15. The molecule has 1 aliphatic rings. The van der Waals surface area contributed by atoms with Crippen molar-refractivity contribution in [2.75, 3.05) is 13.1 Å². The molecule has 2 aromatic rings. The first-order valence-electron chi connectivity index (χ1n) is 14.0. The summed E-state index contributed by atoms with van der Waals surface area (Å²) in [6.45, 7) is 4.70. The molecule has 0 spiro atoms. The lowest BCUT2D eigenvalue weighted by atomic mass is 10.0. The highest BCUT2D eigenvalue weighted by atomic mass is 16.4. The fourth-order valence-electron chi connectivity index (χ4n) is 4.92. The van der Waals surface area contributed by atoms with Crippen molar-refractivity contribution in [2.24, 2.45) is 22.4 Å². The maximum Gasteiger partial charge on any atom is 0.326 e. The van der Waals surface area contributed by atoms with Gasteiger partial charge in [0.05, 0.1) is 6.04 Å². The van der Waals surface area contributed by atoms with Gasteiger partial charge in [0.15, 0.2) is 5.96 Å². The largest absolute Gasteiger partial charge is 0.480 e. The highest BCUT2D eigenvalue weighted by Gasteiger charge is 2.32. The molecule has 1 aliphatic heterocycles. The van der Waals surface area contributed by atoms with Crippen LogP contribution < -0.4 is 32.7 Å². The minimum absolute atomic E-state index is 0.0204. The molecule has 0 saturated carbocycles. The van der Waals surface area contributed by atoms with Gasteiger partial charge in [0.1, 0.15) is 18.1 Å². The van der Waals surface area contributed by atoms with Crippen molar-refractivity contribution in [2.45, 2.75) is 76.5 Å². The molecule has 2 heterocycles. The van der Waals surface area contributed by atoms with Gasteiger partial charge >= 0.3 is 5.97 Å². The molecule has 0 radical (unpaired) electrons. The Morgan fingerprint density at radius 1 is 1.05 bits per heavy atom. The highest BCUT2D eigenvalue weighted by Crippen LogP contribution is 2.20. The van der Waals surface area contributed by atoms with Gasteiger partial charge in [-0.3, -0.25) is 19.4 Å². The monoisotopic (exact) mass is 570 g/mol. The van der Waals surface area contributed by atoms with Gasteiger partial charge in [-0.25, -0.2) is 4.79 Å².